The van der Waals surface area contributed by atoms with Crippen molar-refractivity contribution in [3.05, 3.63) is 62.6 Å². The van der Waals surface area contributed by atoms with E-state index in [4.69, 9.17) is 23.2 Å². The lowest BCUT2D eigenvalue weighted by Crippen LogP contribution is -2.16. The normalized spacial score (nSPS) is 13.9. The van der Waals surface area contributed by atoms with E-state index in [0.717, 1.165) is 31.2 Å². The van der Waals surface area contributed by atoms with Gasteiger partial charge in [-0.1, -0.05) is 59.9 Å². The minimum absolute atomic E-state index is 0.0210. The van der Waals surface area contributed by atoms with Crippen LogP contribution in [-0.2, 0) is 4.79 Å². The van der Waals surface area contributed by atoms with Gasteiger partial charge in [-0.15, -0.1) is 10.2 Å². The van der Waals surface area contributed by atoms with Crippen LogP contribution in [0.5, 0.6) is 0 Å². The fraction of sp³-hybridized carbons (Fsp3) is 0.286. The number of rotatable bonds is 7. The lowest BCUT2D eigenvalue weighted by molar-refractivity contribution is -0.383. The second kappa shape index (κ2) is 9.89. The van der Waals surface area contributed by atoms with Crippen LogP contribution in [0.3, 0.4) is 0 Å². The number of anilines is 1. The molecule has 32 heavy (non-hydrogen) atoms. The molecule has 1 N–H and O–H groups in total. The minimum Gasteiger partial charge on any atom is -0.320 e. The minimum atomic E-state index is -0.582. The van der Waals surface area contributed by atoms with Gasteiger partial charge in [0.15, 0.2) is 11.0 Å². The van der Waals surface area contributed by atoms with Gasteiger partial charge in [0.25, 0.3) is 5.69 Å². The van der Waals surface area contributed by atoms with Crippen molar-refractivity contribution in [1.82, 2.24) is 14.8 Å². The SMILES string of the molecule is O=C(CSc1nnc(-c2ccccc2Cl)n1C1CCCC1)Nc1ccc(Cl)cc1[N+](=O)[O-]. The third-order valence-electron chi connectivity index (χ3n) is 5.23. The molecule has 166 valence electrons. The molecule has 3 aromatic rings. The average molecular weight is 492 g/mol. The van der Waals surface area contributed by atoms with Crippen LogP contribution in [0.4, 0.5) is 11.4 Å². The molecule has 1 fully saturated rings. The molecule has 1 heterocycles. The molecular weight excluding hydrogens is 473 g/mol. The molecule has 0 spiro atoms. The summed E-state index contributed by atoms with van der Waals surface area (Å²) in [4.78, 5) is 23.2. The third-order valence-corrected chi connectivity index (χ3v) is 6.74. The fourth-order valence-corrected chi connectivity index (χ4v) is 4.96. The van der Waals surface area contributed by atoms with Crippen LogP contribution in [0.15, 0.2) is 47.6 Å². The molecule has 1 aliphatic rings. The van der Waals surface area contributed by atoms with Crippen LogP contribution in [0.1, 0.15) is 31.7 Å². The number of amides is 1. The number of carbonyl (C=O) groups is 1. The monoisotopic (exact) mass is 491 g/mol. The van der Waals surface area contributed by atoms with E-state index in [1.165, 1.54) is 30.0 Å². The number of carbonyl (C=O) groups excluding carboxylic acids is 1. The first-order chi connectivity index (χ1) is 15.4. The van der Waals surface area contributed by atoms with E-state index < -0.39 is 4.92 Å². The number of hydrogen-bond acceptors (Lipinski definition) is 6. The van der Waals surface area contributed by atoms with Crippen molar-refractivity contribution in [1.29, 1.82) is 0 Å². The first-order valence-corrected chi connectivity index (χ1v) is 11.7. The van der Waals surface area contributed by atoms with E-state index in [-0.39, 0.29) is 34.1 Å². The van der Waals surface area contributed by atoms with Gasteiger partial charge >= 0.3 is 0 Å². The highest BCUT2D eigenvalue weighted by Crippen LogP contribution is 2.38. The summed E-state index contributed by atoms with van der Waals surface area (Å²) in [6.45, 7) is 0. The quantitative estimate of drug-likeness (QED) is 0.246. The summed E-state index contributed by atoms with van der Waals surface area (Å²) in [5, 5.41) is 24.0. The van der Waals surface area contributed by atoms with Crippen LogP contribution in [0, 0.1) is 10.1 Å². The number of halogens is 2. The molecule has 2 aromatic carbocycles. The maximum Gasteiger partial charge on any atom is 0.294 e. The van der Waals surface area contributed by atoms with E-state index in [0.29, 0.717) is 16.0 Å². The Hall–Kier alpha value is -2.62. The van der Waals surface area contributed by atoms with Crippen molar-refractivity contribution in [2.75, 3.05) is 11.1 Å². The highest BCUT2D eigenvalue weighted by atomic mass is 35.5. The van der Waals surface area contributed by atoms with Crippen LogP contribution in [-0.4, -0.2) is 31.3 Å². The molecule has 0 radical (unpaired) electrons. The molecule has 0 bridgehead atoms. The second-order valence-corrected chi connectivity index (χ2v) is 9.14. The van der Waals surface area contributed by atoms with Gasteiger partial charge in [0.05, 0.1) is 15.7 Å². The molecule has 1 aromatic heterocycles. The molecular formula is C21H19Cl2N5O3S. The Balaban J connectivity index is 1.54. The number of nitrogens with one attached hydrogen (secondary N) is 1. The van der Waals surface area contributed by atoms with Crippen molar-refractivity contribution in [3.63, 3.8) is 0 Å². The van der Waals surface area contributed by atoms with Gasteiger partial charge in [-0.3, -0.25) is 19.5 Å². The van der Waals surface area contributed by atoms with E-state index in [1.54, 1.807) is 0 Å². The number of hydrogen-bond donors (Lipinski definition) is 1. The first kappa shape index (κ1) is 22.6. The number of nitrogens with zero attached hydrogens (tertiary/aromatic N) is 4. The van der Waals surface area contributed by atoms with Gasteiger partial charge in [0.1, 0.15) is 5.69 Å². The standard InChI is InChI=1S/C21H19Cl2N5O3S/c22-13-9-10-17(18(11-13)28(30)31)24-19(29)12-32-21-26-25-20(15-7-3-4-8-16(15)23)27(21)14-5-1-2-6-14/h3-4,7-11,14H,1-2,5-6,12H2,(H,24,29). The summed E-state index contributed by atoms with van der Waals surface area (Å²) in [7, 11) is 0. The first-order valence-electron chi connectivity index (χ1n) is 10.0. The molecule has 0 unspecified atom stereocenters. The zero-order chi connectivity index (χ0) is 22.7. The topological polar surface area (TPSA) is 103 Å². The second-order valence-electron chi connectivity index (χ2n) is 7.35. The van der Waals surface area contributed by atoms with Gasteiger partial charge in [-0.2, -0.15) is 0 Å². The Morgan fingerprint density at radius 1 is 1.19 bits per heavy atom. The smallest absolute Gasteiger partial charge is 0.294 e. The van der Waals surface area contributed by atoms with E-state index >= 15 is 0 Å². The molecule has 8 nitrogen and oxygen atoms in total. The van der Waals surface area contributed by atoms with E-state index in [2.05, 4.69) is 20.1 Å². The Bertz CT molecular complexity index is 1160. The number of benzene rings is 2. The van der Waals surface area contributed by atoms with Crippen LogP contribution in [0.2, 0.25) is 10.0 Å². The molecule has 0 saturated heterocycles. The van der Waals surface area contributed by atoms with Gasteiger partial charge in [-0.25, -0.2) is 0 Å². The molecule has 1 amide bonds. The van der Waals surface area contributed by atoms with Crippen molar-refractivity contribution < 1.29 is 9.72 Å². The number of nitro groups is 1. The Kier molecular flexibility index (Phi) is 6.98. The fourth-order valence-electron chi connectivity index (χ4n) is 3.77. The van der Waals surface area contributed by atoms with Gasteiger partial charge in [0, 0.05) is 22.7 Å². The summed E-state index contributed by atoms with van der Waals surface area (Å²) >= 11 is 13.5. The maximum atomic E-state index is 12.5. The molecule has 1 aliphatic carbocycles. The number of aromatic nitrogens is 3. The zero-order valence-electron chi connectivity index (χ0n) is 16.8. The Morgan fingerprint density at radius 3 is 2.66 bits per heavy atom. The number of nitro benzene ring substituents is 1. The zero-order valence-corrected chi connectivity index (χ0v) is 19.2. The van der Waals surface area contributed by atoms with E-state index in [1.807, 2.05) is 24.3 Å². The van der Waals surface area contributed by atoms with Crippen molar-refractivity contribution in [3.8, 4) is 11.4 Å². The lowest BCUT2D eigenvalue weighted by Gasteiger charge is -2.17. The summed E-state index contributed by atoms with van der Waals surface area (Å²) < 4.78 is 2.07. The molecule has 0 aliphatic heterocycles. The molecule has 0 atom stereocenters. The predicted molar refractivity (Wildman–Crippen MR) is 125 cm³/mol. The Labute approximate surface area is 198 Å². The van der Waals surface area contributed by atoms with Gasteiger partial charge in [-0.05, 0) is 37.1 Å². The summed E-state index contributed by atoms with van der Waals surface area (Å²) in [6.07, 6.45) is 4.25. The highest BCUT2D eigenvalue weighted by molar-refractivity contribution is 7.99. The largest absolute Gasteiger partial charge is 0.320 e. The number of thioether (sulfide) groups is 1. The summed E-state index contributed by atoms with van der Waals surface area (Å²) in [6, 6.07) is 11.8. The van der Waals surface area contributed by atoms with E-state index in [9.17, 15) is 14.9 Å². The Morgan fingerprint density at radius 2 is 1.94 bits per heavy atom. The summed E-state index contributed by atoms with van der Waals surface area (Å²) in [5.74, 6) is 0.312. The molecule has 4 rings (SSSR count). The van der Waals surface area contributed by atoms with Gasteiger partial charge in [0.2, 0.25) is 5.91 Å². The predicted octanol–water partition coefficient (Wildman–Crippen LogP) is 6.01. The lowest BCUT2D eigenvalue weighted by atomic mass is 10.2. The maximum absolute atomic E-state index is 12.5. The average Bonchev–Trinajstić information content (AvgIpc) is 3.43. The highest BCUT2D eigenvalue weighted by Gasteiger charge is 2.26. The molecule has 11 heteroatoms. The third kappa shape index (κ3) is 4.90. The van der Waals surface area contributed by atoms with Crippen LogP contribution in [0.25, 0.3) is 11.4 Å². The van der Waals surface area contributed by atoms with Crippen LogP contribution < -0.4 is 5.32 Å². The van der Waals surface area contributed by atoms with Crippen molar-refractivity contribution in [2.24, 2.45) is 0 Å². The van der Waals surface area contributed by atoms with Gasteiger partial charge < -0.3 is 5.32 Å². The summed E-state index contributed by atoms with van der Waals surface area (Å²) in [5.41, 5.74) is 0.631. The van der Waals surface area contributed by atoms with Crippen molar-refractivity contribution >= 4 is 52.2 Å². The van der Waals surface area contributed by atoms with Crippen molar-refractivity contribution in [2.45, 2.75) is 36.9 Å². The molecule has 1 saturated carbocycles. The van der Waals surface area contributed by atoms with Crippen LogP contribution >= 0.6 is 35.0 Å².